The highest BCUT2D eigenvalue weighted by atomic mass is 79.9. The summed E-state index contributed by atoms with van der Waals surface area (Å²) < 4.78 is 1.94. The number of nitrogens with zero attached hydrogens (tertiary/aromatic N) is 1. The fraction of sp³-hybridized carbons (Fsp3) is 0.0714. The molecule has 0 aliphatic rings. The van der Waals surface area contributed by atoms with E-state index in [0.29, 0.717) is 5.56 Å². The van der Waals surface area contributed by atoms with Crippen LogP contribution in [0.3, 0.4) is 0 Å². The van der Waals surface area contributed by atoms with E-state index in [1.165, 1.54) is 0 Å². The summed E-state index contributed by atoms with van der Waals surface area (Å²) in [6, 6.07) is 13.8. The number of benzene rings is 2. The molecule has 1 N–H and O–H groups in total. The number of hydrogen-bond acceptors (Lipinski definition) is 2. The summed E-state index contributed by atoms with van der Waals surface area (Å²) in [5, 5.41) is 12.4. The molecule has 18 heavy (non-hydrogen) atoms. The Labute approximate surface area is 123 Å². The summed E-state index contributed by atoms with van der Waals surface area (Å²) in [7, 11) is 0. The normalized spacial score (nSPS) is 9.89. The van der Waals surface area contributed by atoms with E-state index < -0.39 is 0 Å². The van der Waals surface area contributed by atoms with E-state index in [-0.39, 0.29) is 0 Å². The molecule has 0 saturated heterocycles. The van der Waals surface area contributed by atoms with Gasteiger partial charge in [0.15, 0.2) is 0 Å². The third-order valence-corrected chi connectivity index (χ3v) is 3.68. The molecule has 0 bridgehead atoms. The maximum Gasteiger partial charge on any atom is 0.101 e. The molecule has 0 radical (unpaired) electrons. The van der Waals surface area contributed by atoms with E-state index in [2.05, 4.69) is 43.2 Å². The van der Waals surface area contributed by atoms with Gasteiger partial charge in [0, 0.05) is 8.95 Å². The maximum absolute atomic E-state index is 9.10. The molecule has 4 heteroatoms. The van der Waals surface area contributed by atoms with Gasteiger partial charge in [0.1, 0.15) is 6.07 Å². The van der Waals surface area contributed by atoms with Gasteiger partial charge in [-0.05, 0) is 58.7 Å². The van der Waals surface area contributed by atoms with E-state index in [4.69, 9.17) is 5.26 Å². The highest BCUT2D eigenvalue weighted by Crippen LogP contribution is 2.30. The monoisotopic (exact) mass is 364 g/mol. The standard InChI is InChI=1S/C14H10Br2N2/c1-9-2-3-10(8-17)13(6-9)18-14-7-11(15)4-5-12(14)16/h2-7,18H,1H3. The number of aryl methyl sites for hydroxylation is 1. The Hall–Kier alpha value is -1.31. The van der Waals surface area contributed by atoms with Gasteiger partial charge >= 0.3 is 0 Å². The fourth-order valence-corrected chi connectivity index (χ4v) is 2.30. The van der Waals surface area contributed by atoms with Gasteiger partial charge in [-0.3, -0.25) is 0 Å². The Balaban J connectivity index is 2.43. The minimum atomic E-state index is 0.632. The largest absolute Gasteiger partial charge is 0.353 e. The van der Waals surface area contributed by atoms with E-state index in [1.54, 1.807) is 0 Å². The van der Waals surface area contributed by atoms with Crippen molar-refractivity contribution in [1.29, 1.82) is 5.26 Å². The number of nitrogens with one attached hydrogen (secondary N) is 1. The number of halogens is 2. The number of rotatable bonds is 2. The molecule has 2 nitrogen and oxygen atoms in total. The first kappa shape index (κ1) is 13.1. The van der Waals surface area contributed by atoms with E-state index in [1.807, 2.05) is 43.3 Å². The molecule has 0 unspecified atom stereocenters. The van der Waals surface area contributed by atoms with Gasteiger partial charge in [-0.15, -0.1) is 0 Å². The van der Waals surface area contributed by atoms with E-state index in [9.17, 15) is 0 Å². The van der Waals surface area contributed by atoms with Crippen molar-refractivity contribution in [1.82, 2.24) is 0 Å². The van der Waals surface area contributed by atoms with Crippen LogP contribution >= 0.6 is 31.9 Å². The van der Waals surface area contributed by atoms with Crippen LogP contribution in [0.2, 0.25) is 0 Å². The first-order valence-electron chi connectivity index (χ1n) is 5.33. The summed E-state index contributed by atoms with van der Waals surface area (Å²) in [5.41, 5.74) is 3.48. The van der Waals surface area contributed by atoms with Crippen molar-refractivity contribution in [3.8, 4) is 6.07 Å². The molecular formula is C14H10Br2N2. The van der Waals surface area contributed by atoms with Gasteiger partial charge in [-0.25, -0.2) is 0 Å². The second-order valence-corrected chi connectivity index (χ2v) is 5.68. The van der Waals surface area contributed by atoms with Crippen molar-refractivity contribution >= 4 is 43.2 Å². The molecule has 90 valence electrons. The lowest BCUT2D eigenvalue weighted by molar-refractivity contribution is 1.40. The molecule has 0 heterocycles. The Morgan fingerprint density at radius 1 is 1.06 bits per heavy atom. The summed E-state index contributed by atoms with van der Waals surface area (Å²) in [4.78, 5) is 0. The van der Waals surface area contributed by atoms with Crippen LogP contribution in [-0.2, 0) is 0 Å². The summed E-state index contributed by atoms with van der Waals surface area (Å²) in [6.45, 7) is 2.00. The van der Waals surface area contributed by atoms with Crippen molar-refractivity contribution < 1.29 is 0 Å². The third kappa shape index (κ3) is 2.92. The van der Waals surface area contributed by atoms with Crippen LogP contribution in [0.15, 0.2) is 45.3 Å². The molecule has 0 spiro atoms. The highest BCUT2D eigenvalue weighted by Gasteiger charge is 2.05. The van der Waals surface area contributed by atoms with Gasteiger partial charge in [0.05, 0.1) is 16.9 Å². The van der Waals surface area contributed by atoms with Crippen LogP contribution in [-0.4, -0.2) is 0 Å². The molecular weight excluding hydrogens is 356 g/mol. The van der Waals surface area contributed by atoms with Gasteiger partial charge in [0.25, 0.3) is 0 Å². The fourth-order valence-electron chi connectivity index (χ4n) is 1.60. The molecule has 0 fully saturated rings. The van der Waals surface area contributed by atoms with Gasteiger partial charge in [0.2, 0.25) is 0 Å². The van der Waals surface area contributed by atoms with E-state index in [0.717, 1.165) is 25.9 Å². The van der Waals surface area contributed by atoms with Gasteiger partial charge in [-0.2, -0.15) is 5.26 Å². The van der Waals surface area contributed by atoms with Crippen LogP contribution in [0.1, 0.15) is 11.1 Å². The Morgan fingerprint density at radius 3 is 2.56 bits per heavy atom. The smallest absolute Gasteiger partial charge is 0.101 e. The second kappa shape index (κ2) is 5.55. The van der Waals surface area contributed by atoms with Gasteiger partial charge < -0.3 is 5.32 Å². The van der Waals surface area contributed by atoms with Crippen molar-refractivity contribution in [2.45, 2.75) is 6.92 Å². The van der Waals surface area contributed by atoms with Crippen LogP contribution in [0.25, 0.3) is 0 Å². The highest BCUT2D eigenvalue weighted by molar-refractivity contribution is 9.11. The van der Waals surface area contributed by atoms with Crippen molar-refractivity contribution in [2.75, 3.05) is 5.32 Å². The zero-order chi connectivity index (χ0) is 13.1. The molecule has 0 aliphatic carbocycles. The van der Waals surface area contributed by atoms with Crippen molar-refractivity contribution in [3.63, 3.8) is 0 Å². The number of hydrogen-bond donors (Lipinski definition) is 1. The average molecular weight is 366 g/mol. The quantitative estimate of drug-likeness (QED) is 0.800. The predicted octanol–water partition coefficient (Wildman–Crippen LogP) is 5.14. The maximum atomic E-state index is 9.10. The summed E-state index contributed by atoms with van der Waals surface area (Å²) in [6.07, 6.45) is 0. The summed E-state index contributed by atoms with van der Waals surface area (Å²) in [5.74, 6) is 0. The lowest BCUT2D eigenvalue weighted by atomic mass is 10.1. The Kier molecular flexibility index (Phi) is 4.05. The molecule has 0 aliphatic heterocycles. The zero-order valence-electron chi connectivity index (χ0n) is 9.67. The number of anilines is 2. The number of nitriles is 1. The second-order valence-electron chi connectivity index (χ2n) is 3.91. The SMILES string of the molecule is Cc1ccc(C#N)c(Nc2cc(Br)ccc2Br)c1. The average Bonchev–Trinajstić information content (AvgIpc) is 2.34. The minimum absolute atomic E-state index is 0.632. The van der Waals surface area contributed by atoms with Crippen LogP contribution in [0.5, 0.6) is 0 Å². The van der Waals surface area contributed by atoms with E-state index >= 15 is 0 Å². The van der Waals surface area contributed by atoms with Crippen LogP contribution < -0.4 is 5.32 Å². The van der Waals surface area contributed by atoms with Gasteiger partial charge in [-0.1, -0.05) is 22.0 Å². The molecule has 2 aromatic carbocycles. The molecule has 0 aromatic heterocycles. The van der Waals surface area contributed by atoms with Crippen LogP contribution in [0, 0.1) is 18.3 Å². The Bertz CT molecular complexity index is 630. The first-order chi connectivity index (χ1) is 8.60. The molecule has 2 aromatic rings. The minimum Gasteiger partial charge on any atom is -0.353 e. The molecule has 0 amide bonds. The van der Waals surface area contributed by atoms with Crippen LogP contribution in [0.4, 0.5) is 11.4 Å². The van der Waals surface area contributed by atoms with Crippen molar-refractivity contribution in [3.05, 3.63) is 56.5 Å². The summed E-state index contributed by atoms with van der Waals surface area (Å²) >= 11 is 6.92. The molecule has 2 rings (SSSR count). The lowest BCUT2D eigenvalue weighted by Gasteiger charge is -2.11. The molecule has 0 atom stereocenters. The van der Waals surface area contributed by atoms with Crippen molar-refractivity contribution in [2.24, 2.45) is 0 Å². The Morgan fingerprint density at radius 2 is 1.83 bits per heavy atom. The zero-order valence-corrected chi connectivity index (χ0v) is 12.8. The third-order valence-electron chi connectivity index (χ3n) is 2.49. The first-order valence-corrected chi connectivity index (χ1v) is 6.91. The lowest BCUT2D eigenvalue weighted by Crippen LogP contribution is -1.95. The predicted molar refractivity (Wildman–Crippen MR) is 81.0 cm³/mol. The topological polar surface area (TPSA) is 35.8 Å². The molecule has 0 saturated carbocycles.